The van der Waals surface area contributed by atoms with Crippen LogP contribution in [-0.4, -0.2) is 0 Å². The molecule has 0 saturated carbocycles. The van der Waals surface area contributed by atoms with Crippen molar-refractivity contribution in [1.82, 2.24) is 0 Å². The van der Waals surface area contributed by atoms with Crippen LogP contribution in [0.1, 0.15) is 11.0 Å². The van der Waals surface area contributed by atoms with Gasteiger partial charge >= 0.3 is 0 Å². The summed E-state index contributed by atoms with van der Waals surface area (Å²) in [4.78, 5) is 0. The Bertz CT molecular complexity index is 3230. The van der Waals surface area contributed by atoms with Crippen LogP contribution in [0.15, 0.2) is 182 Å². The van der Waals surface area contributed by atoms with Crippen molar-refractivity contribution in [3.63, 3.8) is 0 Å². The van der Waals surface area contributed by atoms with Gasteiger partial charge in [-0.1, -0.05) is 170 Å². The van der Waals surface area contributed by atoms with Gasteiger partial charge in [0.25, 0.3) is 0 Å². The van der Waals surface area contributed by atoms with Gasteiger partial charge in [-0.15, -0.1) is 0 Å². The Morgan fingerprint density at radius 1 is 0.292 bits per heavy atom. The molecule has 0 aliphatic rings. The fourth-order valence-electron chi connectivity index (χ4n) is 7.57. The van der Waals surface area contributed by atoms with E-state index in [2.05, 4.69) is 60.7 Å². The standard InChI is InChI=1S/C48H30/c1-2-17-35-31(13-1)14-12-26-41(35)48-44-24-9-7-22-42(44)47(43-23-8-10-25-45(43)48)34-16-11-15-32(29-34)33-27-28-40-38-20-4-3-18-36(38)37-19-5-6-21-39(37)46(40)30-33/h1-30H/i7D,8D,9D,10D,22D,23D,24D,25D. The molecule has 0 amide bonds. The molecule has 0 spiro atoms. The molecule has 48 heavy (non-hydrogen) atoms. The van der Waals surface area contributed by atoms with Gasteiger partial charge in [0.15, 0.2) is 0 Å². The summed E-state index contributed by atoms with van der Waals surface area (Å²) in [6.07, 6.45) is 0. The zero-order valence-corrected chi connectivity index (χ0v) is 25.7. The minimum atomic E-state index is -0.419. The molecule has 0 nitrogen and oxygen atoms in total. The Hall–Kier alpha value is -6.24. The van der Waals surface area contributed by atoms with E-state index in [0.717, 1.165) is 48.8 Å². The van der Waals surface area contributed by atoms with Crippen molar-refractivity contribution >= 4 is 64.6 Å². The van der Waals surface area contributed by atoms with E-state index in [1.165, 1.54) is 5.39 Å². The van der Waals surface area contributed by atoms with Gasteiger partial charge in [-0.3, -0.25) is 0 Å². The molecule has 0 unspecified atom stereocenters. The van der Waals surface area contributed by atoms with Gasteiger partial charge in [0.05, 0.1) is 11.0 Å². The fourth-order valence-corrected chi connectivity index (χ4v) is 7.57. The summed E-state index contributed by atoms with van der Waals surface area (Å²) in [5.41, 5.74) is 3.65. The highest BCUT2D eigenvalue weighted by Gasteiger charge is 2.18. The lowest BCUT2D eigenvalue weighted by molar-refractivity contribution is 1.63. The van der Waals surface area contributed by atoms with Crippen molar-refractivity contribution in [2.24, 2.45) is 0 Å². The number of rotatable bonds is 3. The Morgan fingerprint density at radius 3 is 1.40 bits per heavy atom. The second-order valence-corrected chi connectivity index (χ2v) is 12.2. The zero-order chi connectivity index (χ0) is 38.6. The van der Waals surface area contributed by atoms with E-state index in [9.17, 15) is 5.48 Å². The topological polar surface area (TPSA) is 0 Å². The van der Waals surface area contributed by atoms with Crippen LogP contribution in [0, 0.1) is 0 Å². The summed E-state index contributed by atoms with van der Waals surface area (Å²) in [6, 6.07) is 41.5. The molecule has 10 rings (SSSR count). The fraction of sp³-hybridized carbons (Fsp3) is 0. The van der Waals surface area contributed by atoms with Crippen molar-refractivity contribution < 1.29 is 11.0 Å². The molecule has 0 fully saturated rings. The van der Waals surface area contributed by atoms with E-state index in [1.54, 1.807) is 0 Å². The maximum absolute atomic E-state index is 9.40. The molecule has 0 bridgehead atoms. The first-order chi connectivity index (χ1) is 27.2. The van der Waals surface area contributed by atoms with E-state index in [1.807, 2.05) is 72.8 Å². The highest BCUT2D eigenvalue weighted by atomic mass is 14.2. The number of hydrogen-bond donors (Lipinski definition) is 0. The van der Waals surface area contributed by atoms with E-state index in [-0.39, 0.29) is 45.7 Å². The second-order valence-electron chi connectivity index (χ2n) is 12.2. The third-order valence-electron chi connectivity index (χ3n) is 9.66. The molecular weight excluding hydrogens is 577 g/mol. The van der Waals surface area contributed by atoms with Crippen molar-refractivity contribution in [2.45, 2.75) is 0 Å². The normalized spacial score (nSPS) is 14.1. The lowest BCUT2D eigenvalue weighted by Crippen LogP contribution is -1.92. The number of hydrogen-bond acceptors (Lipinski definition) is 0. The van der Waals surface area contributed by atoms with Gasteiger partial charge < -0.3 is 0 Å². The van der Waals surface area contributed by atoms with Crippen LogP contribution in [0.2, 0.25) is 0 Å². The van der Waals surface area contributed by atoms with Crippen LogP contribution >= 0.6 is 0 Å². The SMILES string of the molecule is [2H]c1c([2H])c([2H])c2c(-c3cccc4ccccc34)c3c([2H])c([2H])c([2H])c([2H])c3c(-c3cccc(-c4ccc5c6ccccc6c6ccccc6c5c4)c3)c2c1[2H]. The first-order valence-corrected chi connectivity index (χ1v) is 16.0. The van der Waals surface area contributed by atoms with Crippen molar-refractivity contribution in [1.29, 1.82) is 0 Å². The summed E-state index contributed by atoms with van der Waals surface area (Å²) >= 11 is 0. The molecule has 0 aromatic heterocycles. The van der Waals surface area contributed by atoms with E-state index in [0.29, 0.717) is 22.3 Å². The van der Waals surface area contributed by atoms with Crippen LogP contribution in [-0.2, 0) is 0 Å². The molecule has 222 valence electrons. The van der Waals surface area contributed by atoms with Crippen LogP contribution in [0.5, 0.6) is 0 Å². The molecule has 10 aromatic rings. The van der Waals surface area contributed by atoms with Gasteiger partial charge in [0.1, 0.15) is 0 Å². The molecule has 0 heteroatoms. The average molecular weight is 615 g/mol. The summed E-state index contributed by atoms with van der Waals surface area (Å²) in [6.45, 7) is 0. The van der Waals surface area contributed by atoms with Crippen LogP contribution in [0.25, 0.3) is 98.0 Å². The molecular formula is C48H30. The largest absolute Gasteiger partial charge is 0.0629 e. The van der Waals surface area contributed by atoms with Crippen molar-refractivity contribution in [2.75, 3.05) is 0 Å². The Labute approximate surface area is 290 Å². The van der Waals surface area contributed by atoms with Crippen molar-refractivity contribution in [3.05, 3.63) is 182 Å². The lowest BCUT2D eigenvalue weighted by Gasteiger charge is -2.19. The van der Waals surface area contributed by atoms with E-state index in [4.69, 9.17) is 5.48 Å². The van der Waals surface area contributed by atoms with Gasteiger partial charge in [-0.2, -0.15) is 0 Å². The second kappa shape index (κ2) is 10.7. The molecule has 0 heterocycles. The maximum atomic E-state index is 9.40. The Morgan fingerprint density at radius 2 is 0.750 bits per heavy atom. The highest BCUT2D eigenvalue weighted by molar-refractivity contribution is 6.26. The van der Waals surface area contributed by atoms with Gasteiger partial charge in [-0.05, 0) is 110 Å². The molecule has 10 aromatic carbocycles. The minimum absolute atomic E-state index is 0.199. The first kappa shape index (κ1) is 20.1. The quantitative estimate of drug-likeness (QED) is 0.137. The summed E-state index contributed by atoms with van der Waals surface area (Å²) in [5, 5.41) is 9.36. The van der Waals surface area contributed by atoms with E-state index >= 15 is 0 Å². The molecule has 0 saturated heterocycles. The Balaban J connectivity index is 1.34. The van der Waals surface area contributed by atoms with Crippen LogP contribution < -0.4 is 0 Å². The van der Waals surface area contributed by atoms with E-state index < -0.39 is 24.2 Å². The molecule has 0 N–H and O–H groups in total. The predicted molar refractivity (Wildman–Crippen MR) is 208 cm³/mol. The molecule has 0 aliphatic heterocycles. The maximum Gasteiger partial charge on any atom is 0.0629 e. The smallest absolute Gasteiger partial charge is 0.0616 e. The third-order valence-corrected chi connectivity index (χ3v) is 9.66. The summed E-state index contributed by atoms with van der Waals surface area (Å²) in [7, 11) is 0. The van der Waals surface area contributed by atoms with Gasteiger partial charge in [0, 0.05) is 0 Å². The molecule has 0 atom stereocenters. The molecule has 0 aliphatic carbocycles. The molecule has 0 radical (unpaired) electrons. The van der Waals surface area contributed by atoms with Crippen molar-refractivity contribution in [3.8, 4) is 33.4 Å². The van der Waals surface area contributed by atoms with Gasteiger partial charge in [-0.25, -0.2) is 0 Å². The summed E-state index contributed by atoms with van der Waals surface area (Å²) in [5.74, 6) is 0. The Kier molecular flexibility index (Phi) is 4.46. The number of benzene rings is 10. The predicted octanol–water partition coefficient (Wildman–Crippen LogP) is 13.6. The monoisotopic (exact) mass is 614 g/mol. The lowest BCUT2D eigenvalue weighted by atomic mass is 9.84. The number of fused-ring (bicyclic) bond motifs is 9. The minimum Gasteiger partial charge on any atom is -0.0616 e. The van der Waals surface area contributed by atoms with Gasteiger partial charge in [0.2, 0.25) is 0 Å². The first-order valence-electron chi connectivity index (χ1n) is 20.0. The van der Waals surface area contributed by atoms with Crippen LogP contribution in [0.3, 0.4) is 0 Å². The van der Waals surface area contributed by atoms with Crippen LogP contribution in [0.4, 0.5) is 0 Å². The highest BCUT2D eigenvalue weighted by Crippen LogP contribution is 2.46. The average Bonchev–Trinajstić information content (AvgIpc) is 3.24. The third kappa shape index (κ3) is 4.03. The zero-order valence-electron chi connectivity index (χ0n) is 33.7. The summed E-state index contributed by atoms with van der Waals surface area (Å²) < 4.78 is 72.9.